The Balaban J connectivity index is 2.29. The third-order valence-electron chi connectivity index (χ3n) is 3.22. The molecule has 0 spiro atoms. The molecule has 0 aliphatic rings. The lowest BCUT2D eigenvalue weighted by Crippen LogP contribution is -1.91. The summed E-state index contributed by atoms with van der Waals surface area (Å²) in [5.41, 5.74) is 3.86. The number of aromatic nitrogens is 1. The molecule has 0 fully saturated rings. The van der Waals surface area contributed by atoms with Gasteiger partial charge < -0.3 is 4.57 Å². The number of benzene rings is 2. The molecule has 3 aromatic rings. The van der Waals surface area contributed by atoms with E-state index in [1.807, 2.05) is 60.2 Å². The highest BCUT2D eigenvalue weighted by Gasteiger charge is 2.09. The van der Waals surface area contributed by atoms with Gasteiger partial charge in [-0.05, 0) is 43.3 Å². The molecule has 3 heteroatoms. The van der Waals surface area contributed by atoms with Crippen LogP contribution in [0.3, 0.4) is 0 Å². The van der Waals surface area contributed by atoms with Gasteiger partial charge in [0.15, 0.2) is 6.29 Å². The molecular formula is C16H12ClNO. The first-order valence-electron chi connectivity index (χ1n) is 6.02. The minimum absolute atomic E-state index is 0.701. The largest absolute Gasteiger partial charge is 0.316 e. The second-order valence-corrected chi connectivity index (χ2v) is 5.01. The number of carbonyl (C=O) groups excluding carboxylic acids is 1. The zero-order valence-electron chi connectivity index (χ0n) is 10.4. The zero-order chi connectivity index (χ0) is 13.4. The maximum absolute atomic E-state index is 11.2. The Labute approximate surface area is 116 Å². The molecule has 0 N–H and O–H groups in total. The van der Waals surface area contributed by atoms with Gasteiger partial charge in [0.25, 0.3) is 0 Å². The first-order chi connectivity index (χ1) is 9.19. The molecule has 0 saturated carbocycles. The standard InChI is InChI=1S/C16H12ClNO/c1-11-2-7-16-15(8-11)12(10-19)9-18(16)14-5-3-13(17)4-6-14/h2-10H,1H3. The number of aldehydes is 1. The molecule has 0 saturated heterocycles. The predicted octanol–water partition coefficient (Wildman–Crippen LogP) is 4.40. The van der Waals surface area contributed by atoms with Crippen molar-refractivity contribution >= 4 is 28.8 Å². The van der Waals surface area contributed by atoms with Crippen LogP contribution in [0.15, 0.2) is 48.7 Å². The van der Waals surface area contributed by atoms with Crippen LogP contribution in [0, 0.1) is 6.92 Å². The van der Waals surface area contributed by atoms with Crippen LogP contribution in [-0.2, 0) is 0 Å². The Morgan fingerprint density at radius 3 is 2.53 bits per heavy atom. The van der Waals surface area contributed by atoms with Crippen LogP contribution in [0.2, 0.25) is 5.02 Å². The van der Waals surface area contributed by atoms with Gasteiger partial charge in [-0.15, -0.1) is 0 Å². The van der Waals surface area contributed by atoms with Crippen molar-refractivity contribution in [1.82, 2.24) is 4.57 Å². The fraction of sp³-hybridized carbons (Fsp3) is 0.0625. The van der Waals surface area contributed by atoms with Crippen LogP contribution in [0.1, 0.15) is 15.9 Å². The van der Waals surface area contributed by atoms with Gasteiger partial charge in [-0.2, -0.15) is 0 Å². The Morgan fingerprint density at radius 2 is 1.84 bits per heavy atom. The smallest absolute Gasteiger partial charge is 0.152 e. The number of rotatable bonds is 2. The molecule has 0 aliphatic heterocycles. The lowest BCUT2D eigenvalue weighted by atomic mass is 10.1. The maximum Gasteiger partial charge on any atom is 0.152 e. The normalized spacial score (nSPS) is 10.8. The summed E-state index contributed by atoms with van der Waals surface area (Å²) in [7, 11) is 0. The van der Waals surface area contributed by atoms with E-state index in [4.69, 9.17) is 11.6 Å². The second kappa shape index (κ2) is 4.56. The number of hydrogen-bond acceptors (Lipinski definition) is 1. The lowest BCUT2D eigenvalue weighted by Gasteiger charge is -2.05. The third kappa shape index (κ3) is 2.04. The molecular weight excluding hydrogens is 258 g/mol. The number of hydrogen-bond donors (Lipinski definition) is 0. The van der Waals surface area contributed by atoms with Gasteiger partial charge in [0.05, 0.1) is 5.52 Å². The number of nitrogens with zero attached hydrogens (tertiary/aromatic N) is 1. The summed E-state index contributed by atoms with van der Waals surface area (Å²) >= 11 is 5.91. The molecule has 0 aliphatic carbocycles. The first kappa shape index (κ1) is 12.0. The Hall–Kier alpha value is -2.06. The summed E-state index contributed by atoms with van der Waals surface area (Å²) < 4.78 is 2.01. The van der Waals surface area contributed by atoms with Crippen molar-refractivity contribution in [3.05, 3.63) is 64.8 Å². The van der Waals surface area contributed by atoms with E-state index in [1.54, 1.807) is 0 Å². The van der Waals surface area contributed by atoms with Gasteiger partial charge in [0.1, 0.15) is 0 Å². The van der Waals surface area contributed by atoms with Gasteiger partial charge in [-0.25, -0.2) is 0 Å². The van der Waals surface area contributed by atoms with Crippen LogP contribution in [-0.4, -0.2) is 10.9 Å². The molecule has 0 radical (unpaired) electrons. The molecule has 2 aromatic carbocycles. The highest BCUT2D eigenvalue weighted by Crippen LogP contribution is 2.25. The third-order valence-corrected chi connectivity index (χ3v) is 3.47. The Kier molecular flexibility index (Phi) is 2.88. The molecule has 3 rings (SSSR count). The van der Waals surface area contributed by atoms with E-state index in [2.05, 4.69) is 0 Å². The van der Waals surface area contributed by atoms with Crippen LogP contribution in [0.5, 0.6) is 0 Å². The molecule has 0 atom stereocenters. The SMILES string of the molecule is Cc1ccc2c(c1)c(C=O)cn2-c1ccc(Cl)cc1. The highest BCUT2D eigenvalue weighted by molar-refractivity contribution is 6.30. The van der Waals surface area contributed by atoms with Crippen LogP contribution in [0.4, 0.5) is 0 Å². The summed E-state index contributed by atoms with van der Waals surface area (Å²) in [5, 5.41) is 1.68. The van der Waals surface area contributed by atoms with Crippen LogP contribution in [0.25, 0.3) is 16.6 Å². The van der Waals surface area contributed by atoms with E-state index < -0.39 is 0 Å². The number of halogens is 1. The van der Waals surface area contributed by atoms with Crippen molar-refractivity contribution in [1.29, 1.82) is 0 Å². The average molecular weight is 270 g/mol. The Morgan fingerprint density at radius 1 is 1.11 bits per heavy atom. The van der Waals surface area contributed by atoms with Crippen LogP contribution >= 0.6 is 11.6 Å². The predicted molar refractivity (Wildman–Crippen MR) is 78.4 cm³/mol. The molecule has 0 unspecified atom stereocenters. The highest BCUT2D eigenvalue weighted by atomic mass is 35.5. The van der Waals surface area contributed by atoms with E-state index in [-0.39, 0.29) is 0 Å². The van der Waals surface area contributed by atoms with E-state index in [0.29, 0.717) is 10.6 Å². The van der Waals surface area contributed by atoms with E-state index in [1.165, 1.54) is 0 Å². The van der Waals surface area contributed by atoms with Crippen molar-refractivity contribution in [3.8, 4) is 5.69 Å². The fourth-order valence-corrected chi connectivity index (χ4v) is 2.40. The summed E-state index contributed by atoms with van der Waals surface area (Å²) in [6.07, 6.45) is 2.76. The van der Waals surface area contributed by atoms with Gasteiger partial charge in [0, 0.05) is 27.9 Å². The molecule has 94 valence electrons. The van der Waals surface area contributed by atoms with E-state index >= 15 is 0 Å². The van der Waals surface area contributed by atoms with Crippen molar-refractivity contribution in [2.45, 2.75) is 6.92 Å². The quantitative estimate of drug-likeness (QED) is 0.632. The van der Waals surface area contributed by atoms with Crippen LogP contribution < -0.4 is 0 Å². The number of aryl methyl sites for hydroxylation is 1. The topological polar surface area (TPSA) is 22.0 Å². The maximum atomic E-state index is 11.2. The molecule has 0 bridgehead atoms. The molecule has 19 heavy (non-hydrogen) atoms. The van der Waals surface area contributed by atoms with Crippen molar-refractivity contribution < 1.29 is 4.79 Å². The minimum atomic E-state index is 0.701. The van der Waals surface area contributed by atoms with Crippen molar-refractivity contribution in [2.24, 2.45) is 0 Å². The molecule has 1 heterocycles. The summed E-state index contributed by atoms with van der Waals surface area (Å²) in [5.74, 6) is 0. The lowest BCUT2D eigenvalue weighted by molar-refractivity contribution is 0.112. The van der Waals surface area contributed by atoms with E-state index in [9.17, 15) is 4.79 Å². The molecule has 2 nitrogen and oxygen atoms in total. The Bertz CT molecular complexity index is 756. The average Bonchev–Trinajstić information content (AvgIpc) is 2.77. The van der Waals surface area contributed by atoms with E-state index in [0.717, 1.165) is 28.4 Å². The fourth-order valence-electron chi connectivity index (χ4n) is 2.28. The summed E-state index contributed by atoms with van der Waals surface area (Å²) in [6, 6.07) is 13.7. The van der Waals surface area contributed by atoms with Gasteiger partial charge in [-0.3, -0.25) is 4.79 Å². The van der Waals surface area contributed by atoms with Gasteiger partial charge >= 0.3 is 0 Å². The van der Waals surface area contributed by atoms with Crippen molar-refractivity contribution in [2.75, 3.05) is 0 Å². The number of fused-ring (bicyclic) bond motifs is 1. The van der Waals surface area contributed by atoms with Gasteiger partial charge in [0.2, 0.25) is 0 Å². The minimum Gasteiger partial charge on any atom is -0.316 e. The monoisotopic (exact) mass is 269 g/mol. The second-order valence-electron chi connectivity index (χ2n) is 4.57. The zero-order valence-corrected chi connectivity index (χ0v) is 11.2. The number of carbonyl (C=O) groups is 1. The van der Waals surface area contributed by atoms with Gasteiger partial charge in [-0.1, -0.05) is 23.2 Å². The summed E-state index contributed by atoms with van der Waals surface area (Å²) in [4.78, 5) is 11.2. The first-order valence-corrected chi connectivity index (χ1v) is 6.39. The summed E-state index contributed by atoms with van der Waals surface area (Å²) in [6.45, 7) is 2.02. The molecule has 0 amide bonds. The molecule has 1 aromatic heterocycles. The van der Waals surface area contributed by atoms with Crippen molar-refractivity contribution in [3.63, 3.8) is 0 Å².